The minimum absolute atomic E-state index is 0.437. The Morgan fingerprint density at radius 1 is 1.53 bits per heavy atom. The van der Waals surface area contributed by atoms with Gasteiger partial charge >= 0.3 is 0 Å². The molecule has 3 nitrogen and oxygen atoms in total. The highest BCUT2D eigenvalue weighted by atomic mass is 32.1. The number of rotatable bonds is 4. The van der Waals surface area contributed by atoms with Crippen molar-refractivity contribution < 1.29 is 0 Å². The fourth-order valence-electron chi connectivity index (χ4n) is 2.73. The maximum Gasteiger partial charge on any atom is 0.0798 e. The Kier molecular flexibility index (Phi) is 4.54. The fourth-order valence-corrected chi connectivity index (χ4v) is 3.58. The van der Waals surface area contributed by atoms with Gasteiger partial charge in [-0.15, -0.1) is 11.3 Å². The summed E-state index contributed by atoms with van der Waals surface area (Å²) in [6.07, 6.45) is 5.07. The minimum Gasteiger partial charge on any atom is -0.328 e. The molecule has 0 aliphatic heterocycles. The van der Waals surface area contributed by atoms with Gasteiger partial charge < -0.3 is 10.6 Å². The lowest BCUT2D eigenvalue weighted by Gasteiger charge is -2.30. The quantitative estimate of drug-likeness (QED) is 0.896. The second-order valence-electron chi connectivity index (χ2n) is 5.35. The molecule has 0 bridgehead atoms. The van der Waals surface area contributed by atoms with Crippen LogP contribution < -0.4 is 5.73 Å². The number of hydrogen-bond acceptors (Lipinski definition) is 4. The third-order valence-corrected chi connectivity index (χ3v) is 4.57. The van der Waals surface area contributed by atoms with Crippen LogP contribution in [0.3, 0.4) is 0 Å². The molecule has 1 aliphatic rings. The molecule has 1 aromatic heterocycles. The Hall–Kier alpha value is -0.450. The van der Waals surface area contributed by atoms with Crippen LogP contribution in [0.4, 0.5) is 0 Å². The first-order valence-corrected chi connectivity index (χ1v) is 7.36. The first-order chi connectivity index (χ1) is 8.15. The summed E-state index contributed by atoms with van der Waals surface area (Å²) in [6, 6.07) is 0.437. The third-order valence-electron chi connectivity index (χ3n) is 3.65. The minimum atomic E-state index is 0.437. The SMILES string of the molecule is Cc1ncsc1CN(C)CC1CCCC(N)C1. The van der Waals surface area contributed by atoms with Gasteiger partial charge in [0.25, 0.3) is 0 Å². The Bertz CT molecular complexity index is 350. The molecule has 1 saturated carbocycles. The van der Waals surface area contributed by atoms with Gasteiger partial charge in [0.1, 0.15) is 0 Å². The van der Waals surface area contributed by atoms with E-state index in [1.54, 1.807) is 11.3 Å². The van der Waals surface area contributed by atoms with Gasteiger partial charge in [-0.25, -0.2) is 4.98 Å². The summed E-state index contributed by atoms with van der Waals surface area (Å²) in [5.41, 5.74) is 9.16. The summed E-state index contributed by atoms with van der Waals surface area (Å²) in [6.45, 7) is 4.30. The molecule has 0 spiro atoms. The van der Waals surface area contributed by atoms with Crippen molar-refractivity contribution in [3.63, 3.8) is 0 Å². The molecular weight excluding hydrogens is 230 g/mol. The largest absolute Gasteiger partial charge is 0.328 e. The van der Waals surface area contributed by atoms with E-state index >= 15 is 0 Å². The molecule has 0 aromatic carbocycles. The monoisotopic (exact) mass is 253 g/mol. The average molecular weight is 253 g/mol. The molecule has 0 amide bonds. The van der Waals surface area contributed by atoms with Crippen molar-refractivity contribution in [2.45, 2.75) is 45.2 Å². The molecule has 17 heavy (non-hydrogen) atoms. The highest BCUT2D eigenvalue weighted by molar-refractivity contribution is 7.09. The van der Waals surface area contributed by atoms with Gasteiger partial charge in [0.05, 0.1) is 11.2 Å². The van der Waals surface area contributed by atoms with Gasteiger partial charge in [0.2, 0.25) is 0 Å². The molecule has 4 heteroatoms. The Labute approximate surface area is 108 Å². The molecule has 2 atom stereocenters. The van der Waals surface area contributed by atoms with Crippen molar-refractivity contribution in [1.29, 1.82) is 0 Å². The predicted molar refractivity (Wildman–Crippen MR) is 73.1 cm³/mol. The van der Waals surface area contributed by atoms with E-state index in [1.165, 1.54) is 42.8 Å². The van der Waals surface area contributed by atoms with Gasteiger partial charge in [-0.3, -0.25) is 0 Å². The van der Waals surface area contributed by atoms with E-state index in [4.69, 9.17) is 5.73 Å². The van der Waals surface area contributed by atoms with Crippen LogP contribution in [0.1, 0.15) is 36.3 Å². The number of aromatic nitrogens is 1. The Morgan fingerprint density at radius 3 is 3.00 bits per heavy atom. The molecule has 2 unspecified atom stereocenters. The molecule has 1 heterocycles. The van der Waals surface area contributed by atoms with E-state index in [1.807, 2.05) is 5.51 Å². The second-order valence-corrected chi connectivity index (χ2v) is 6.29. The Balaban J connectivity index is 1.80. The van der Waals surface area contributed by atoms with Crippen LogP contribution in [0, 0.1) is 12.8 Å². The highest BCUT2D eigenvalue weighted by Gasteiger charge is 2.20. The number of hydrogen-bond donors (Lipinski definition) is 1. The number of nitrogens with two attached hydrogens (primary N) is 1. The van der Waals surface area contributed by atoms with E-state index in [0.29, 0.717) is 6.04 Å². The fraction of sp³-hybridized carbons (Fsp3) is 0.769. The van der Waals surface area contributed by atoms with Gasteiger partial charge in [-0.1, -0.05) is 6.42 Å². The van der Waals surface area contributed by atoms with Crippen molar-refractivity contribution in [2.75, 3.05) is 13.6 Å². The molecule has 0 radical (unpaired) electrons. The van der Waals surface area contributed by atoms with E-state index < -0.39 is 0 Å². The highest BCUT2D eigenvalue weighted by Crippen LogP contribution is 2.24. The lowest BCUT2D eigenvalue weighted by molar-refractivity contribution is 0.217. The van der Waals surface area contributed by atoms with Gasteiger partial charge in [-0.2, -0.15) is 0 Å². The number of nitrogens with zero attached hydrogens (tertiary/aromatic N) is 2. The molecule has 1 aromatic rings. The van der Waals surface area contributed by atoms with E-state index in [2.05, 4.69) is 23.9 Å². The van der Waals surface area contributed by atoms with Crippen LogP contribution in [0.15, 0.2) is 5.51 Å². The zero-order valence-electron chi connectivity index (χ0n) is 10.9. The summed E-state index contributed by atoms with van der Waals surface area (Å²) in [7, 11) is 2.21. The smallest absolute Gasteiger partial charge is 0.0798 e. The molecule has 2 N–H and O–H groups in total. The maximum absolute atomic E-state index is 6.03. The predicted octanol–water partition coefficient (Wildman–Crippen LogP) is 2.40. The number of thiazole rings is 1. The molecule has 1 aliphatic carbocycles. The molecule has 1 fully saturated rings. The van der Waals surface area contributed by atoms with E-state index in [9.17, 15) is 0 Å². The van der Waals surface area contributed by atoms with E-state index in [0.717, 1.165) is 12.5 Å². The summed E-state index contributed by atoms with van der Waals surface area (Å²) >= 11 is 1.76. The molecule has 2 rings (SSSR count). The third kappa shape index (κ3) is 3.76. The summed E-state index contributed by atoms with van der Waals surface area (Å²) in [4.78, 5) is 8.12. The topological polar surface area (TPSA) is 42.2 Å². The van der Waals surface area contributed by atoms with Crippen LogP contribution in [0.25, 0.3) is 0 Å². The van der Waals surface area contributed by atoms with Gasteiger partial charge in [0.15, 0.2) is 0 Å². The normalized spacial score (nSPS) is 25.4. The van der Waals surface area contributed by atoms with E-state index in [-0.39, 0.29) is 0 Å². The summed E-state index contributed by atoms with van der Waals surface area (Å²) < 4.78 is 0. The van der Waals surface area contributed by atoms with Crippen molar-refractivity contribution in [3.05, 3.63) is 16.1 Å². The summed E-state index contributed by atoms with van der Waals surface area (Å²) in [5, 5.41) is 0. The second kappa shape index (κ2) is 5.94. The first kappa shape index (κ1) is 13.0. The Morgan fingerprint density at radius 2 is 2.35 bits per heavy atom. The average Bonchev–Trinajstić information content (AvgIpc) is 2.64. The van der Waals surface area contributed by atoms with Crippen molar-refractivity contribution in [1.82, 2.24) is 9.88 Å². The van der Waals surface area contributed by atoms with Crippen LogP contribution >= 0.6 is 11.3 Å². The van der Waals surface area contributed by atoms with Crippen molar-refractivity contribution in [2.24, 2.45) is 11.7 Å². The zero-order valence-corrected chi connectivity index (χ0v) is 11.7. The van der Waals surface area contributed by atoms with Gasteiger partial charge in [0, 0.05) is 24.0 Å². The lowest BCUT2D eigenvalue weighted by Crippen LogP contribution is -2.34. The maximum atomic E-state index is 6.03. The summed E-state index contributed by atoms with van der Waals surface area (Å²) in [5.74, 6) is 0.789. The van der Waals surface area contributed by atoms with Crippen LogP contribution in [0.2, 0.25) is 0 Å². The standard InChI is InChI=1S/C13H23N3S/c1-10-13(17-9-15-10)8-16(2)7-11-4-3-5-12(14)6-11/h9,11-12H,3-8,14H2,1-2H3. The van der Waals surface area contributed by atoms with Crippen molar-refractivity contribution in [3.8, 4) is 0 Å². The number of aryl methyl sites for hydroxylation is 1. The van der Waals surface area contributed by atoms with Crippen molar-refractivity contribution >= 4 is 11.3 Å². The first-order valence-electron chi connectivity index (χ1n) is 6.48. The van der Waals surface area contributed by atoms with Crippen LogP contribution in [-0.4, -0.2) is 29.5 Å². The van der Waals surface area contributed by atoms with Gasteiger partial charge in [-0.05, 0) is 39.2 Å². The zero-order chi connectivity index (χ0) is 12.3. The lowest BCUT2D eigenvalue weighted by atomic mass is 9.86. The van der Waals surface area contributed by atoms with Crippen LogP contribution in [-0.2, 0) is 6.54 Å². The van der Waals surface area contributed by atoms with Crippen LogP contribution in [0.5, 0.6) is 0 Å². The molecular formula is C13H23N3S. The molecule has 0 saturated heterocycles. The molecule has 96 valence electrons.